The second kappa shape index (κ2) is 9.89. The highest BCUT2D eigenvalue weighted by molar-refractivity contribution is 6.03. The number of hydrogen-bond acceptors (Lipinski definition) is 3. The van der Waals surface area contributed by atoms with Gasteiger partial charge in [0.05, 0.1) is 12.7 Å². The van der Waals surface area contributed by atoms with E-state index in [0.717, 1.165) is 24.0 Å². The van der Waals surface area contributed by atoms with E-state index < -0.39 is 0 Å². The van der Waals surface area contributed by atoms with Gasteiger partial charge in [-0.1, -0.05) is 30.3 Å². The van der Waals surface area contributed by atoms with Gasteiger partial charge >= 0.3 is 0 Å². The molecule has 0 radical (unpaired) electrons. The van der Waals surface area contributed by atoms with Crippen molar-refractivity contribution in [3.63, 3.8) is 0 Å². The van der Waals surface area contributed by atoms with E-state index >= 15 is 0 Å². The summed E-state index contributed by atoms with van der Waals surface area (Å²) in [6.07, 6.45) is 6.13. The zero-order chi connectivity index (χ0) is 23.7. The maximum atomic E-state index is 13.8. The summed E-state index contributed by atoms with van der Waals surface area (Å²) in [7, 11) is 1.65. The second-order valence-electron chi connectivity index (χ2n) is 10.4. The third-order valence-corrected chi connectivity index (χ3v) is 7.60. The number of hydrogen-bond donors (Lipinski definition) is 0. The largest absolute Gasteiger partial charge is 0.496 e. The molecule has 0 spiro atoms. The van der Waals surface area contributed by atoms with E-state index in [-0.39, 0.29) is 18.0 Å². The molecule has 1 aliphatic carbocycles. The number of aryl methyl sites for hydroxylation is 1. The van der Waals surface area contributed by atoms with E-state index in [0.29, 0.717) is 23.4 Å². The van der Waals surface area contributed by atoms with Crippen molar-refractivity contribution in [3.05, 3.63) is 53.1 Å². The first-order valence-corrected chi connectivity index (χ1v) is 12.7. The summed E-state index contributed by atoms with van der Waals surface area (Å²) in [6, 6.07) is 14.4. The lowest BCUT2D eigenvalue weighted by Crippen LogP contribution is -2.42. The smallest absolute Gasteiger partial charge is 0.258 e. The lowest BCUT2D eigenvalue weighted by Gasteiger charge is -2.35. The van der Waals surface area contributed by atoms with Crippen LogP contribution in [0.3, 0.4) is 0 Å². The summed E-state index contributed by atoms with van der Waals surface area (Å²) in [4.78, 5) is 18.4. The Morgan fingerprint density at radius 2 is 1.82 bits per heavy atom. The third-order valence-electron chi connectivity index (χ3n) is 7.60. The molecular formula is C29H40N2O2. The van der Waals surface area contributed by atoms with Crippen LogP contribution >= 0.6 is 0 Å². The van der Waals surface area contributed by atoms with Crippen LogP contribution in [0, 0.1) is 0 Å². The van der Waals surface area contributed by atoms with Crippen LogP contribution in [0.4, 0.5) is 0 Å². The minimum atomic E-state index is 0.0354. The average Bonchev–Trinajstić information content (AvgIpc) is 3.23. The summed E-state index contributed by atoms with van der Waals surface area (Å²) in [5, 5.41) is 0. The molecule has 33 heavy (non-hydrogen) atoms. The molecule has 2 atom stereocenters. The summed E-state index contributed by atoms with van der Waals surface area (Å²) in [5.74, 6) is 0.679. The molecule has 1 heterocycles. The van der Waals surface area contributed by atoms with Gasteiger partial charge in [0, 0.05) is 24.2 Å². The Morgan fingerprint density at radius 3 is 2.45 bits per heavy atom. The lowest BCUT2D eigenvalue weighted by atomic mass is 9.84. The number of carbonyl (C=O) groups is 1. The maximum absolute atomic E-state index is 13.8. The molecule has 4 rings (SSSR count). The SMILES string of the molecule is COc1cccc(-c2ccc3c(c2)CCC(N2CCCC2C)C3)c1C(=O)N(C(C)C)C(C)C. The number of ether oxygens (including phenoxy) is 1. The third kappa shape index (κ3) is 4.68. The van der Waals surface area contributed by atoms with Gasteiger partial charge in [0.1, 0.15) is 5.75 Å². The van der Waals surface area contributed by atoms with Crippen LogP contribution in [0.25, 0.3) is 11.1 Å². The Kier molecular flexibility index (Phi) is 7.13. The number of rotatable bonds is 6. The predicted molar refractivity (Wildman–Crippen MR) is 136 cm³/mol. The van der Waals surface area contributed by atoms with Gasteiger partial charge in [-0.25, -0.2) is 0 Å². The van der Waals surface area contributed by atoms with Gasteiger partial charge in [-0.3, -0.25) is 9.69 Å². The summed E-state index contributed by atoms with van der Waals surface area (Å²) in [6.45, 7) is 11.9. The fraction of sp³-hybridized carbons (Fsp3) is 0.552. The van der Waals surface area contributed by atoms with Gasteiger partial charge in [0.25, 0.3) is 5.91 Å². The highest BCUT2D eigenvalue weighted by atomic mass is 16.5. The van der Waals surface area contributed by atoms with Crippen LogP contribution in [0.1, 0.15) is 75.4 Å². The Morgan fingerprint density at radius 1 is 1.06 bits per heavy atom. The van der Waals surface area contributed by atoms with E-state index in [1.807, 2.05) is 17.0 Å². The van der Waals surface area contributed by atoms with E-state index in [9.17, 15) is 4.79 Å². The summed E-state index contributed by atoms with van der Waals surface area (Å²) in [5.41, 5.74) is 5.64. The Labute approximate surface area is 199 Å². The van der Waals surface area contributed by atoms with Gasteiger partial charge < -0.3 is 9.64 Å². The standard InChI is InChI=1S/C29H40N2O2/c1-19(2)31(20(3)4)29(32)28-26(10-7-11-27(28)33-6)24-13-12-23-18-25(15-14-22(23)17-24)30-16-8-9-21(30)5/h7,10-13,17,19-21,25H,8-9,14-16,18H2,1-6H3. The molecule has 1 aliphatic heterocycles. The van der Waals surface area contributed by atoms with E-state index in [1.54, 1.807) is 7.11 Å². The molecule has 1 fully saturated rings. The number of benzene rings is 2. The van der Waals surface area contributed by atoms with Crippen LogP contribution in [0.15, 0.2) is 36.4 Å². The maximum Gasteiger partial charge on any atom is 0.258 e. The first-order valence-electron chi connectivity index (χ1n) is 12.7. The zero-order valence-electron chi connectivity index (χ0n) is 21.2. The molecule has 2 aromatic carbocycles. The molecule has 2 aromatic rings. The molecule has 2 unspecified atom stereocenters. The van der Waals surface area contributed by atoms with Gasteiger partial charge in [-0.2, -0.15) is 0 Å². The fourth-order valence-electron chi connectivity index (χ4n) is 6.04. The highest BCUT2D eigenvalue weighted by Crippen LogP contribution is 2.36. The second-order valence-corrected chi connectivity index (χ2v) is 10.4. The minimum absolute atomic E-state index is 0.0354. The molecule has 0 saturated carbocycles. The van der Waals surface area contributed by atoms with Crippen molar-refractivity contribution < 1.29 is 9.53 Å². The molecule has 0 aromatic heterocycles. The normalized spacial score (nSPS) is 20.8. The van der Waals surface area contributed by atoms with Crippen molar-refractivity contribution in [2.75, 3.05) is 13.7 Å². The minimum Gasteiger partial charge on any atom is -0.496 e. The molecule has 2 aliphatic rings. The highest BCUT2D eigenvalue weighted by Gasteiger charge is 2.31. The van der Waals surface area contributed by atoms with Crippen molar-refractivity contribution in [1.29, 1.82) is 0 Å². The Hall–Kier alpha value is -2.33. The monoisotopic (exact) mass is 448 g/mol. The zero-order valence-corrected chi connectivity index (χ0v) is 21.2. The van der Waals surface area contributed by atoms with Gasteiger partial charge in [-0.15, -0.1) is 0 Å². The van der Waals surface area contributed by atoms with E-state index in [1.165, 1.54) is 36.9 Å². The first kappa shape index (κ1) is 23.8. The number of fused-ring (bicyclic) bond motifs is 1. The van der Waals surface area contributed by atoms with Crippen LogP contribution in [0.5, 0.6) is 5.75 Å². The average molecular weight is 449 g/mol. The van der Waals surface area contributed by atoms with Crippen LogP contribution < -0.4 is 4.74 Å². The van der Waals surface area contributed by atoms with Crippen molar-refractivity contribution in [2.24, 2.45) is 0 Å². The fourth-order valence-corrected chi connectivity index (χ4v) is 6.04. The van der Waals surface area contributed by atoms with Crippen LogP contribution in [0.2, 0.25) is 0 Å². The van der Waals surface area contributed by atoms with Gasteiger partial charge in [0.15, 0.2) is 0 Å². The molecule has 0 bridgehead atoms. The van der Waals surface area contributed by atoms with Gasteiger partial charge in [0.2, 0.25) is 0 Å². The quantitative estimate of drug-likeness (QED) is 0.546. The number of methoxy groups -OCH3 is 1. The van der Waals surface area contributed by atoms with E-state index in [2.05, 4.69) is 63.8 Å². The van der Waals surface area contributed by atoms with Crippen molar-refractivity contribution >= 4 is 5.91 Å². The van der Waals surface area contributed by atoms with Crippen molar-refractivity contribution in [1.82, 2.24) is 9.80 Å². The summed E-state index contributed by atoms with van der Waals surface area (Å²) >= 11 is 0. The van der Waals surface area contributed by atoms with Crippen molar-refractivity contribution in [3.8, 4) is 16.9 Å². The molecule has 1 saturated heterocycles. The molecule has 178 valence electrons. The molecule has 4 heteroatoms. The first-order chi connectivity index (χ1) is 15.8. The van der Waals surface area contributed by atoms with Crippen LogP contribution in [-0.2, 0) is 12.8 Å². The Bertz CT molecular complexity index is 989. The lowest BCUT2D eigenvalue weighted by molar-refractivity contribution is 0.0641. The molecular weight excluding hydrogens is 408 g/mol. The van der Waals surface area contributed by atoms with Gasteiger partial charge in [-0.05, 0) is 102 Å². The van der Waals surface area contributed by atoms with Crippen LogP contribution in [-0.4, -0.2) is 53.5 Å². The molecule has 1 amide bonds. The topological polar surface area (TPSA) is 32.8 Å². The number of carbonyl (C=O) groups excluding carboxylic acids is 1. The number of likely N-dealkylation sites (tertiary alicyclic amines) is 1. The van der Waals surface area contributed by atoms with Crippen molar-refractivity contribution in [2.45, 2.75) is 90.9 Å². The summed E-state index contributed by atoms with van der Waals surface area (Å²) < 4.78 is 5.68. The van der Waals surface area contributed by atoms with E-state index in [4.69, 9.17) is 4.74 Å². The Balaban J connectivity index is 1.68. The predicted octanol–water partition coefficient (Wildman–Crippen LogP) is 5.96. The number of nitrogens with zero attached hydrogens (tertiary/aromatic N) is 2. The number of amides is 1. The molecule has 0 N–H and O–H groups in total. The molecule has 4 nitrogen and oxygen atoms in total.